The normalized spacial score (nSPS) is 10.6. The number of nitrogens with one attached hydrogen (secondary N) is 1. The fourth-order valence-corrected chi connectivity index (χ4v) is 1.86. The molecule has 0 saturated heterocycles. The summed E-state index contributed by atoms with van der Waals surface area (Å²) >= 11 is 0. The zero-order valence-corrected chi connectivity index (χ0v) is 11.4. The number of aliphatic hydroxyl groups is 1. The van der Waals surface area contributed by atoms with E-state index in [4.69, 9.17) is 5.11 Å². The number of para-hydroxylation sites is 2. The zero-order chi connectivity index (χ0) is 15.0. The Morgan fingerprint density at radius 3 is 2.70 bits per heavy atom. The van der Waals surface area contributed by atoms with Crippen LogP contribution in [-0.2, 0) is 4.79 Å². The monoisotopic (exact) mass is 281 g/mol. The minimum Gasteiger partial charge on any atom is -0.395 e. The highest BCUT2D eigenvalue weighted by atomic mass is 16.6. The van der Waals surface area contributed by atoms with Crippen LogP contribution in [0.2, 0.25) is 0 Å². The SMILES string of the molecule is CCCN(CCO)CC(=O)Nc1ccccc1[N+](=O)[O-]. The van der Waals surface area contributed by atoms with E-state index in [1.807, 2.05) is 6.92 Å². The second-order valence-electron chi connectivity index (χ2n) is 4.32. The van der Waals surface area contributed by atoms with Gasteiger partial charge in [-0.25, -0.2) is 0 Å². The highest BCUT2D eigenvalue weighted by Crippen LogP contribution is 2.22. The largest absolute Gasteiger partial charge is 0.395 e. The topological polar surface area (TPSA) is 95.7 Å². The van der Waals surface area contributed by atoms with Crippen LogP contribution in [0.1, 0.15) is 13.3 Å². The van der Waals surface area contributed by atoms with Crippen LogP contribution in [0.25, 0.3) is 0 Å². The number of nitro benzene ring substituents is 1. The molecule has 0 spiro atoms. The van der Waals surface area contributed by atoms with Crippen LogP contribution in [0.4, 0.5) is 11.4 Å². The Morgan fingerprint density at radius 1 is 1.40 bits per heavy atom. The Labute approximate surface area is 117 Å². The number of hydrogen-bond acceptors (Lipinski definition) is 5. The van der Waals surface area contributed by atoms with Gasteiger partial charge in [0.15, 0.2) is 0 Å². The van der Waals surface area contributed by atoms with E-state index in [0.29, 0.717) is 13.1 Å². The van der Waals surface area contributed by atoms with Crippen molar-refractivity contribution in [3.63, 3.8) is 0 Å². The van der Waals surface area contributed by atoms with Crippen molar-refractivity contribution < 1.29 is 14.8 Å². The summed E-state index contributed by atoms with van der Waals surface area (Å²) in [5, 5.41) is 22.3. The van der Waals surface area contributed by atoms with E-state index in [1.165, 1.54) is 12.1 Å². The van der Waals surface area contributed by atoms with E-state index in [1.54, 1.807) is 17.0 Å². The first-order chi connectivity index (χ1) is 9.58. The minimum atomic E-state index is -0.535. The second-order valence-corrected chi connectivity index (χ2v) is 4.32. The minimum absolute atomic E-state index is 0.0290. The number of anilines is 1. The predicted octanol–water partition coefficient (Wildman–Crippen LogP) is 1.24. The highest BCUT2D eigenvalue weighted by molar-refractivity contribution is 5.94. The molecule has 0 atom stereocenters. The first-order valence-corrected chi connectivity index (χ1v) is 6.45. The van der Waals surface area contributed by atoms with Crippen LogP contribution in [0.3, 0.4) is 0 Å². The van der Waals surface area contributed by atoms with E-state index < -0.39 is 4.92 Å². The lowest BCUT2D eigenvalue weighted by Gasteiger charge is -2.19. The van der Waals surface area contributed by atoms with E-state index >= 15 is 0 Å². The average Bonchev–Trinajstić information content (AvgIpc) is 2.39. The highest BCUT2D eigenvalue weighted by Gasteiger charge is 2.16. The van der Waals surface area contributed by atoms with Crippen molar-refractivity contribution in [1.82, 2.24) is 4.90 Å². The summed E-state index contributed by atoms with van der Waals surface area (Å²) in [5.41, 5.74) is 0.0491. The summed E-state index contributed by atoms with van der Waals surface area (Å²) in [6.07, 6.45) is 0.860. The maximum Gasteiger partial charge on any atom is 0.292 e. The summed E-state index contributed by atoms with van der Waals surface area (Å²) < 4.78 is 0. The second kappa shape index (κ2) is 8.23. The molecule has 20 heavy (non-hydrogen) atoms. The first-order valence-electron chi connectivity index (χ1n) is 6.45. The van der Waals surface area contributed by atoms with Gasteiger partial charge in [-0.1, -0.05) is 19.1 Å². The number of nitro groups is 1. The molecule has 0 unspecified atom stereocenters. The van der Waals surface area contributed by atoms with Gasteiger partial charge in [-0.05, 0) is 19.0 Å². The number of hydrogen-bond donors (Lipinski definition) is 2. The van der Waals surface area contributed by atoms with Crippen molar-refractivity contribution in [2.24, 2.45) is 0 Å². The number of benzene rings is 1. The van der Waals surface area contributed by atoms with E-state index in [-0.39, 0.29) is 30.4 Å². The van der Waals surface area contributed by atoms with E-state index in [2.05, 4.69) is 5.32 Å². The molecule has 0 fully saturated rings. The van der Waals surface area contributed by atoms with Gasteiger partial charge in [0.25, 0.3) is 5.69 Å². The fraction of sp³-hybridized carbons (Fsp3) is 0.462. The molecule has 0 bridgehead atoms. The molecule has 0 radical (unpaired) electrons. The molecule has 0 aromatic heterocycles. The van der Waals surface area contributed by atoms with Gasteiger partial charge in [0.1, 0.15) is 5.69 Å². The molecular weight excluding hydrogens is 262 g/mol. The Balaban J connectivity index is 2.68. The third kappa shape index (κ3) is 4.94. The smallest absolute Gasteiger partial charge is 0.292 e. The maximum absolute atomic E-state index is 11.9. The first kappa shape index (κ1) is 16.1. The van der Waals surface area contributed by atoms with Crippen molar-refractivity contribution in [1.29, 1.82) is 0 Å². The molecule has 7 nitrogen and oxygen atoms in total. The molecule has 0 aliphatic heterocycles. The summed E-state index contributed by atoms with van der Waals surface area (Å²) in [7, 11) is 0. The van der Waals surface area contributed by atoms with Gasteiger partial charge in [0, 0.05) is 12.6 Å². The molecule has 0 aliphatic carbocycles. The number of nitrogens with zero attached hydrogens (tertiary/aromatic N) is 2. The van der Waals surface area contributed by atoms with Crippen molar-refractivity contribution in [3.05, 3.63) is 34.4 Å². The standard InChI is InChI=1S/C13H19N3O4/c1-2-7-15(8-9-17)10-13(18)14-11-5-3-4-6-12(11)16(19)20/h3-6,17H,2,7-10H2,1H3,(H,14,18). The number of aliphatic hydroxyl groups excluding tert-OH is 1. The van der Waals surface area contributed by atoms with Gasteiger partial charge in [0.05, 0.1) is 18.1 Å². The van der Waals surface area contributed by atoms with Crippen LogP contribution in [0, 0.1) is 10.1 Å². The van der Waals surface area contributed by atoms with E-state index in [9.17, 15) is 14.9 Å². The third-order valence-electron chi connectivity index (χ3n) is 2.70. The lowest BCUT2D eigenvalue weighted by atomic mass is 10.2. The summed E-state index contributed by atoms with van der Waals surface area (Å²) in [5.74, 6) is -0.332. The van der Waals surface area contributed by atoms with Crippen LogP contribution >= 0.6 is 0 Å². The van der Waals surface area contributed by atoms with Crippen molar-refractivity contribution in [2.75, 3.05) is 31.6 Å². The number of carbonyl (C=O) groups is 1. The Bertz CT molecular complexity index is 459. The lowest BCUT2D eigenvalue weighted by molar-refractivity contribution is -0.383. The van der Waals surface area contributed by atoms with Gasteiger partial charge in [-0.3, -0.25) is 19.8 Å². The zero-order valence-electron chi connectivity index (χ0n) is 11.4. The van der Waals surface area contributed by atoms with Gasteiger partial charge in [-0.2, -0.15) is 0 Å². The van der Waals surface area contributed by atoms with Crippen molar-refractivity contribution >= 4 is 17.3 Å². The molecule has 2 N–H and O–H groups in total. The van der Waals surface area contributed by atoms with Crippen molar-refractivity contribution in [3.8, 4) is 0 Å². The molecular formula is C13H19N3O4. The molecule has 1 rings (SSSR count). The number of amides is 1. The molecule has 1 aromatic carbocycles. The molecule has 0 aliphatic rings. The fourth-order valence-electron chi connectivity index (χ4n) is 1.86. The number of carbonyl (C=O) groups excluding carboxylic acids is 1. The maximum atomic E-state index is 11.9. The summed E-state index contributed by atoms with van der Waals surface area (Å²) in [6.45, 7) is 3.13. The molecule has 1 amide bonds. The average molecular weight is 281 g/mol. The molecule has 0 saturated carbocycles. The molecule has 7 heteroatoms. The molecule has 110 valence electrons. The van der Waals surface area contributed by atoms with Crippen LogP contribution in [0.15, 0.2) is 24.3 Å². The third-order valence-corrected chi connectivity index (χ3v) is 2.70. The van der Waals surface area contributed by atoms with Gasteiger partial charge in [0.2, 0.25) is 5.91 Å². The Morgan fingerprint density at radius 2 is 2.10 bits per heavy atom. The van der Waals surface area contributed by atoms with E-state index in [0.717, 1.165) is 6.42 Å². The van der Waals surface area contributed by atoms with Crippen LogP contribution < -0.4 is 5.32 Å². The Hall–Kier alpha value is -1.99. The molecule has 1 aromatic rings. The van der Waals surface area contributed by atoms with Crippen LogP contribution in [0.5, 0.6) is 0 Å². The predicted molar refractivity (Wildman–Crippen MR) is 75.5 cm³/mol. The summed E-state index contributed by atoms with van der Waals surface area (Å²) in [6, 6.07) is 6.00. The van der Waals surface area contributed by atoms with Gasteiger partial charge >= 0.3 is 0 Å². The molecule has 0 heterocycles. The number of rotatable bonds is 8. The van der Waals surface area contributed by atoms with Crippen molar-refractivity contribution in [2.45, 2.75) is 13.3 Å². The quantitative estimate of drug-likeness (QED) is 0.552. The summed E-state index contributed by atoms with van der Waals surface area (Å²) in [4.78, 5) is 24.0. The Kier molecular flexibility index (Phi) is 6.61. The van der Waals surface area contributed by atoms with Gasteiger partial charge < -0.3 is 10.4 Å². The van der Waals surface area contributed by atoms with Crippen LogP contribution in [-0.4, -0.2) is 47.1 Å². The lowest BCUT2D eigenvalue weighted by Crippen LogP contribution is -2.35. The van der Waals surface area contributed by atoms with Gasteiger partial charge in [-0.15, -0.1) is 0 Å².